The number of benzene rings is 1. The number of halogens is 1. The Labute approximate surface area is 124 Å². The average Bonchev–Trinajstić information content (AvgIpc) is 2.41. The van der Waals surface area contributed by atoms with Gasteiger partial charge in [0, 0.05) is 10.2 Å². The van der Waals surface area contributed by atoms with E-state index in [1.165, 1.54) is 6.42 Å². The quantitative estimate of drug-likeness (QED) is 0.853. The van der Waals surface area contributed by atoms with Gasteiger partial charge in [-0.15, -0.1) is 0 Å². The number of hydrogen-bond acceptors (Lipinski definition) is 2. The van der Waals surface area contributed by atoms with Gasteiger partial charge in [0.05, 0.1) is 6.07 Å². The number of para-hydroxylation sites is 1. The molecule has 1 aromatic rings. The van der Waals surface area contributed by atoms with Crippen molar-refractivity contribution < 1.29 is 0 Å². The molecule has 0 aromatic heterocycles. The molecule has 2 rings (SSSR count). The predicted octanol–water partition coefficient (Wildman–Crippen LogP) is 4.97. The van der Waals surface area contributed by atoms with Crippen LogP contribution in [0.2, 0.25) is 0 Å². The Kier molecular flexibility index (Phi) is 4.52. The molecule has 2 nitrogen and oxygen atoms in total. The lowest BCUT2D eigenvalue weighted by molar-refractivity contribution is 0.205. The molecule has 1 aromatic carbocycles. The highest BCUT2D eigenvalue weighted by Gasteiger charge is 2.42. The second kappa shape index (κ2) is 5.96. The highest BCUT2D eigenvalue weighted by Crippen LogP contribution is 2.41. The van der Waals surface area contributed by atoms with Gasteiger partial charge in [-0.05, 0) is 52.7 Å². The van der Waals surface area contributed by atoms with E-state index >= 15 is 0 Å². The Morgan fingerprint density at radius 1 is 1.37 bits per heavy atom. The fourth-order valence-corrected chi connectivity index (χ4v) is 3.61. The van der Waals surface area contributed by atoms with Crippen molar-refractivity contribution in [2.45, 2.75) is 45.1 Å². The second-order valence-electron chi connectivity index (χ2n) is 5.78. The van der Waals surface area contributed by atoms with Crippen molar-refractivity contribution in [3.63, 3.8) is 0 Å². The molecule has 2 unspecified atom stereocenters. The molecule has 0 radical (unpaired) electrons. The first-order chi connectivity index (χ1) is 9.09. The van der Waals surface area contributed by atoms with Crippen LogP contribution in [0.15, 0.2) is 28.7 Å². The third-order valence-electron chi connectivity index (χ3n) is 4.21. The minimum atomic E-state index is -0.420. The maximum Gasteiger partial charge on any atom is 0.128 e. The van der Waals surface area contributed by atoms with Crippen LogP contribution in [0.1, 0.15) is 39.5 Å². The fraction of sp³-hybridized carbons (Fsp3) is 0.562. The van der Waals surface area contributed by atoms with Gasteiger partial charge in [0.2, 0.25) is 0 Å². The summed E-state index contributed by atoms with van der Waals surface area (Å²) in [6.45, 7) is 4.45. The number of hydrogen-bond donors (Lipinski definition) is 1. The second-order valence-corrected chi connectivity index (χ2v) is 6.64. The van der Waals surface area contributed by atoms with E-state index in [2.05, 4.69) is 41.2 Å². The number of nitrogens with one attached hydrogen (secondary N) is 1. The summed E-state index contributed by atoms with van der Waals surface area (Å²) in [6, 6.07) is 10.6. The molecule has 0 bridgehead atoms. The first-order valence-electron chi connectivity index (χ1n) is 7.03. The molecule has 0 amide bonds. The molecule has 0 saturated heterocycles. The van der Waals surface area contributed by atoms with E-state index in [1.807, 2.05) is 24.3 Å². The molecule has 1 N–H and O–H groups in total. The number of rotatable bonds is 3. The number of nitriles is 1. The summed E-state index contributed by atoms with van der Waals surface area (Å²) in [5.74, 6) is 0.938. The summed E-state index contributed by atoms with van der Waals surface area (Å²) in [5, 5.41) is 13.3. The fourth-order valence-electron chi connectivity index (χ4n) is 3.23. The highest BCUT2D eigenvalue weighted by molar-refractivity contribution is 9.10. The van der Waals surface area contributed by atoms with Crippen LogP contribution in [-0.4, -0.2) is 5.54 Å². The first kappa shape index (κ1) is 14.4. The Hall–Kier alpha value is -1.01. The molecular formula is C16H21BrN2. The van der Waals surface area contributed by atoms with Gasteiger partial charge in [-0.2, -0.15) is 5.26 Å². The average molecular weight is 321 g/mol. The first-order valence-corrected chi connectivity index (χ1v) is 7.82. The largest absolute Gasteiger partial charge is 0.366 e. The molecule has 0 aliphatic heterocycles. The molecule has 1 saturated carbocycles. The van der Waals surface area contributed by atoms with Crippen LogP contribution in [0.4, 0.5) is 5.69 Å². The van der Waals surface area contributed by atoms with Crippen molar-refractivity contribution >= 4 is 21.6 Å². The predicted molar refractivity (Wildman–Crippen MR) is 82.9 cm³/mol. The summed E-state index contributed by atoms with van der Waals surface area (Å²) < 4.78 is 1.03. The van der Waals surface area contributed by atoms with Crippen LogP contribution in [0.3, 0.4) is 0 Å². The number of anilines is 1. The SMILES string of the molecule is CC(C)C1CCCCC1(C#N)Nc1ccccc1Br. The van der Waals surface area contributed by atoms with E-state index in [0.29, 0.717) is 11.8 Å². The van der Waals surface area contributed by atoms with Gasteiger partial charge in [-0.1, -0.05) is 38.8 Å². The van der Waals surface area contributed by atoms with Gasteiger partial charge < -0.3 is 5.32 Å². The number of nitrogens with zero attached hydrogens (tertiary/aromatic N) is 1. The van der Waals surface area contributed by atoms with Crippen LogP contribution < -0.4 is 5.32 Å². The van der Waals surface area contributed by atoms with Crippen LogP contribution in [0.25, 0.3) is 0 Å². The van der Waals surface area contributed by atoms with Crippen molar-refractivity contribution in [3.05, 3.63) is 28.7 Å². The van der Waals surface area contributed by atoms with Crippen molar-refractivity contribution in [1.82, 2.24) is 0 Å². The van der Waals surface area contributed by atoms with Crippen LogP contribution in [0.5, 0.6) is 0 Å². The summed E-state index contributed by atoms with van der Waals surface area (Å²) >= 11 is 3.56. The van der Waals surface area contributed by atoms with Crippen LogP contribution in [0, 0.1) is 23.2 Å². The molecule has 1 fully saturated rings. The van der Waals surface area contributed by atoms with E-state index in [4.69, 9.17) is 0 Å². The lowest BCUT2D eigenvalue weighted by atomic mass is 9.68. The summed E-state index contributed by atoms with van der Waals surface area (Å²) in [5.41, 5.74) is 0.604. The minimum Gasteiger partial charge on any atom is -0.366 e. The summed E-state index contributed by atoms with van der Waals surface area (Å²) in [4.78, 5) is 0. The monoisotopic (exact) mass is 320 g/mol. The van der Waals surface area contributed by atoms with Gasteiger partial charge in [0.1, 0.15) is 5.54 Å². The summed E-state index contributed by atoms with van der Waals surface area (Å²) in [6.07, 6.45) is 4.45. The lowest BCUT2D eigenvalue weighted by Crippen LogP contribution is -2.48. The van der Waals surface area contributed by atoms with Gasteiger partial charge in [0.25, 0.3) is 0 Å². The zero-order valence-electron chi connectivity index (χ0n) is 11.6. The van der Waals surface area contributed by atoms with Gasteiger partial charge in [0.15, 0.2) is 0 Å². The van der Waals surface area contributed by atoms with Crippen molar-refractivity contribution in [2.24, 2.45) is 11.8 Å². The van der Waals surface area contributed by atoms with Gasteiger partial charge in [-0.3, -0.25) is 0 Å². The third kappa shape index (κ3) is 2.95. The van der Waals surface area contributed by atoms with Crippen molar-refractivity contribution in [1.29, 1.82) is 5.26 Å². The molecule has 19 heavy (non-hydrogen) atoms. The summed E-state index contributed by atoms with van der Waals surface area (Å²) in [7, 11) is 0. The molecular weight excluding hydrogens is 300 g/mol. The minimum absolute atomic E-state index is 0.415. The Morgan fingerprint density at radius 2 is 2.11 bits per heavy atom. The van der Waals surface area contributed by atoms with E-state index in [-0.39, 0.29) is 0 Å². The zero-order valence-corrected chi connectivity index (χ0v) is 13.2. The highest BCUT2D eigenvalue weighted by atomic mass is 79.9. The normalized spacial score (nSPS) is 27.0. The van der Waals surface area contributed by atoms with Crippen molar-refractivity contribution in [3.8, 4) is 6.07 Å². The van der Waals surface area contributed by atoms with E-state index in [1.54, 1.807) is 0 Å². The lowest BCUT2D eigenvalue weighted by Gasteiger charge is -2.42. The Morgan fingerprint density at radius 3 is 2.74 bits per heavy atom. The van der Waals surface area contributed by atoms with Crippen LogP contribution >= 0.6 is 15.9 Å². The van der Waals surface area contributed by atoms with E-state index in [0.717, 1.165) is 29.4 Å². The molecule has 2 atom stereocenters. The smallest absolute Gasteiger partial charge is 0.128 e. The van der Waals surface area contributed by atoms with E-state index < -0.39 is 5.54 Å². The topological polar surface area (TPSA) is 35.8 Å². The molecule has 102 valence electrons. The standard InChI is InChI=1S/C16H21BrN2/c1-12(2)13-7-5-6-10-16(13,11-18)19-15-9-4-3-8-14(15)17/h3-4,8-9,12-13,19H,5-7,10H2,1-2H3. The van der Waals surface area contributed by atoms with Gasteiger partial charge in [-0.25, -0.2) is 0 Å². The van der Waals surface area contributed by atoms with Gasteiger partial charge >= 0.3 is 0 Å². The molecule has 1 aliphatic carbocycles. The maximum absolute atomic E-state index is 9.79. The van der Waals surface area contributed by atoms with E-state index in [9.17, 15) is 5.26 Å². The molecule has 0 spiro atoms. The molecule has 1 aliphatic rings. The van der Waals surface area contributed by atoms with Crippen LogP contribution in [-0.2, 0) is 0 Å². The Bertz CT molecular complexity index is 478. The molecule has 0 heterocycles. The third-order valence-corrected chi connectivity index (χ3v) is 4.90. The molecule has 3 heteroatoms. The Balaban J connectivity index is 2.31. The maximum atomic E-state index is 9.79. The van der Waals surface area contributed by atoms with Crippen molar-refractivity contribution in [2.75, 3.05) is 5.32 Å². The zero-order chi connectivity index (χ0) is 13.9.